The molecule has 1 N–H and O–H groups in total. The van der Waals surface area contributed by atoms with Gasteiger partial charge in [0.2, 0.25) is 5.91 Å². The number of aryl methyl sites for hydroxylation is 1. The molecule has 190 valence electrons. The summed E-state index contributed by atoms with van der Waals surface area (Å²) in [5.74, 6) is 0.111. The number of benzene rings is 3. The Kier molecular flexibility index (Phi) is 10.6. The van der Waals surface area contributed by atoms with Crippen molar-refractivity contribution in [3.8, 4) is 5.75 Å². The molecule has 0 spiro atoms. The van der Waals surface area contributed by atoms with Gasteiger partial charge in [0.05, 0.1) is 0 Å². The first-order valence-electron chi connectivity index (χ1n) is 12.1. The number of halogens is 2. The average molecular weight is 527 g/mol. The third-order valence-corrected chi connectivity index (χ3v) is 6.49. The van der Waals surface area contributed by atoms with Crippen molar-refractivity contribution in [1.82, 2.24) is 10.2 Å². The lowest BCUT2D eigenvalue weighted by Crippen LogP contribution is -2.51. The maximum atomic E-state index is 13.6. The molecular formula is C29H32Cl2N2O3. The van der Waals surface area contributed by atoms with Crippen LogP contribution in [-0.2, 0) is 22.6 Å². The molecule has 0 aromatic heterocycles. The highest BCUT2D eigenvalue weighted by atomic mass is 35.5. The fraction of sp³-hybridized carbons (Fsp3) is 0.310. The molecule has 0 fully saturated rings. The third kappa shape index (κ3) is 8.00. The molecule has 0 heterocycles. The zero-order valence-corrected chi connectivity index (χ0v) is 22.2. The van der Waals surface area contributed by atoms with E-state index in [0.29, 0.717) is 34.3 Å². The van der Waals surface area contributed by atoms with Crippen molar-refractivity contribution in [3.63, 3.8) is 0 Å². The third-order valence-electron chi connectivity index (χ3n) is 5.90. The Morgan fingerprint density at radius 3 is 2.42 bits per heavy atom. The predicted octanol–water partition coefficient (Wildman–Crippen LogP) is 6.24. The van der Waals surface area contributed by atoms with Crippen molar-refractivity contribution in [2.75, 3.05) is 13.2 Å². The molecule has 2 amide bonds. The van der Waals surface area contributed by atoms with E-state index in [1.807, 2.05) is 61.5 Å². The Morgan fingerprint density at radius 2 is 1.72 bits per heavy atom. The molecule has 3 rings (SSSR count). The smallest absolute Gasteiger partial charge is 0.261 e. The van der Waals surface area contributed by atoms with E-state index in [-0.39, 0.29) is 25.0 Å². The van der Waals surface area contributed by atoms with Crippen LogP contribution in [0, 0.1) is 6.92 Å². The minimum atomic E-state index is -0.746. The van der Waals surface area contributed by atoms with Gasteiger partial charge in [-0.3, -0.25) is 9.59 Å². The number of ether oxygens (including phenoxy) is 1. The SMILES string of the molecule is CCCCNC(=O)[C@H](Cc1ccccc1)N(Cc1ccc(Cl)cc1Cl)C(=O)COc1ccccc1C. The number of carbonyl (C=O) groups is 2. The normalized spacial score (nSPS) is 11.6. The fourth-order valence-corrected chi connectivity index (χ4v) is 4.30. The highest BCUT2D eigenvalue weighted by molar-refractivity contribution is 6.35. The van der Waals surface area contributed by atoms with E-state index in [2.05, 4.69) is 12.2 Å². The number of amides is 2. The van der Waals surface area contributed by atoms with Crippen LogP contribution >= 0.6 is 23.2 Å². The van der Waals surface area contributed by atoms with E-state index in [9.17, 15) is 9.59 Å². The Labute approximate surface area is 223 Å². The van der Waals surface area contributed by atoms with Crippen LogP contribution in [0.5, 0.6) is 5.75 Å². The molecule has 0 aliphatic rings. The van der Waals surface area contributed by atoms with Gasteiger partial charge in [-0.05, 0) is 48.2 Å². The first kappa shape index (κ1) is 27.6. The lowest BCUT2D eigenvalue weighted by molar-refractivity contribution is -0.142. The maximum Gasteiger partial charge on any atom is 0.261 e. The van der Waals surface area contributed by atoms with E-state index in [4.69, 9.17) is 27.9 Å². The second kappa shape index (κ2) is 13.9. The molecule has 0 unspecified atom stereocenters. The molecule has 3 aromatic rings. The monoisotopic (exact) mass is 526 g/mol. The lowest BCUT2D eigenvalue weighted by atomic mass is 10.0. The van der Waals surface area contributed by atoms with Gasteiger partial charge in [-0.1, -0.05) is 91.1 Å². The average Bonchev–Trinajstić information content (AvgIpc) is 2.87. The number of para-hydroxylation sites is 1. The summed E-state index contributed by atoms with van der Waals surface area (Å²) in [7, 11) is 0. The lowest BCUT2D eigenvalue weighted by Gasteiger charge is -2.32. The number of hydrogen-bond acceptors (Lipinski definition) is 3. The number of carbonyl (C=O) groups excluding carboxylic acids is 2. The first-order chi connectivity index (χ1) is 17.4. The van der Waals surface area contributed by atoms with Gasteiger partial charge in [0.1, 0.15) is 11.8 Å². The van der Waals surface area contributed by atoms with Crippen LogP contribution in [0.1, 0.15) is 36.5 Å². The molecular weight excluding hydrogens is 495 g/mol. The molecule has 0 bridgehead atoms. The van der Waals surface area contributed by atoms with E-state index < -0.39 is 6.04 Å². The van der Waals surface area contributed by atoms with Crippen molar-refractivity contribution >= 4 is 35.0 Å². The summed E-state index contributed by atoms with van der Waals surface area (Å²) < 4.78 is 5.87. The molecule has 1 atom stereocenters. The van der Waals surface area contributed by atoms with Gasteiger partial charge >= 0.3 is 0 Å². The summed E-state index contributed by atoms with van der Waals surface area (Å²) in [6.07, 6.45) is 2.17. The van der Waals surface area contributed by atoms with Crippen LogP contribution in [0.15, 0.2) is 72.8 Å². The molecule has 0 saturated heterocycles. The first-order valence-corrected chi connectivity index (χ1v) is 12.9. The zero-order chi connectivity index (χ0) is 25.9. The molecule has 7 heteroatoms. The number of nitrogens with one attached hydrogen (secondary N) is 1. The number of unbranched alkanes of at least 4 members (excludes halogenated alkanes) is 1. The van der Waals surface area contributed by atoms with E-state index in [0.717, 1.165) is 24.0 Å². The molecule has 36 heavy (non-hydrogen) atoms. The van der Waals surface area contributed by atoms with Crippen LogP contribution in [-0.4, -0.2) is 35.9 Å². The van der Waals surface area contributed by atoms with Gasteiger partial charge in [-0.25, -0.2) is 0 Å². The topological polar surface area (TPSA) is 58.6 Å². The minimum absolute atomic E-state index is 0.144. The van der Waals surface area contributed by atoms with Crippen molar-refractivity contribution in [1.29, 1.82) is 0 Å². The van der Waals surface area contributed by atoms with Gasteiger partial charge in [0, 0.05) is 29.6 Å². The number of hydrogen-bond donors (Lipinski definition) is 1. The summed E-state index contributed by atoms with van der Waals surface area (Å²) in [6.45, 7) is 4.47. The largest absolute Gasteiger partial charge is 0.484 e. The van der Waals surface area contributed by atoms with Crippen LogP contribution in [0.25, 0.3) is 0 Å². The molecule has 3 aromatic carbocycles. The van der Waals surface area contributed by atoms with Crippen molar-refractivity contribution < 1.29 is 14.3 Å². The van der Waals surface area contributed by atoms with Crippen LogP contribution in [0.3, 0.4) is 0 Å². The Balaban J connectivity index is 1.92. The second-order valence-corrected chi connectivity index (χ2v) is 9.51. The molecule has 0 aliphatic heterocycles. The van der Waals surface area contributed by atoms with E-state index in [1.165, 1.54) is 0 Å². The van der Waals surface area contributed by atoms with Crippen LogP contribution < -0.4 is 10.1 Å². The summed E-state index contributed by atoms with van der Waals surface area (Å²) in [6, 6.07) is 21.6. The number of rotatable bonds is 12. The summed E-state index contributed by atoms with van der Waals surface area (Å²) in [5.41, 5.74) is 2.58. The van der Waals surface area contributed by atoms with Crippen molar-refractivity contribution in [3.05, 3.63) is 99.5 Å². The maximum absolute atomic E-state index is 13.6. The molecule has 5 nitrogen and oxygen atoms in total. The van der Waals surface area contributed by atoms with Gasteiger partial charge in [-0.2, -0.15) is 0 Å². The minimum Gasteiger partial charge on any atom is -0.484 e. The zero-order valence-electron chi connectivity index (χ0n) is 20.7. The Hall–Kier alpha value is -3.02. The standard InChI is InChI=1S/C29H32Cl2N2O3/c1-3-4-16-32-29(35)26(17-22-11-6-5-7-12-22)33(19-23-14-15-24(30)18-25(23)31)28(34)20-36-27-13-9-8-10-21(27)2/h5-15,18,26H,3-4,16-17,19-20H2,1-2H3,(H,32,35)/t26-/m0/s1. The molecule has 0 saturated carbocycles. The highest BCUT2D eigenvalue weighted by Crippen LogP contribution is 2.24. The highest BCUT2D eigenvalue weighted by Gasteiger charge is 2.31. The van der Waals surface area contributed by atoms with Gasteiger partial charge in [-0.15, -0.1) is 0 Å². The van der Waals surface area contributed by atoms with E-state index >= 15 is 0 Å². The fourth-order valence-electron chi connectivity index (χ4n) is 3.83. The van der Waals surface area contributed by atoms with Crippen molar-refractivity contribution in [2.45, 2.75) is 45.7 Å². The Bertz CT molecular complexity index is 1150. The summed E-state index contributed by atoms with van der Waals surface area (Å²) in [5, 5.41) is 3.94. The van der Waals surface area contributed by atoms with Gasteiger partial charge < -0.3 is 15.0 Å². The second-order valence-electron chi connectivity index (χ2n) is 8.66. The van der Waals surface area contributed by atoms with Crippen LogP contribution in [0.2, 0.25) is 10.0 Å². The van der Waals surface area contributed by atoms with Gasteiger partial charge in [0.15, 0.2) is 6.61 Å². The summed E-state index contributed by atoms with van der Waals surface area (Å²) >= 11 is 12.6. The quantitative estimate of drug-likeness (QED) is 0.284. The molecule has 0 aliphatic carbocycles. The van der Waals surface area contributed by atoms with Crippen molar-refractivity contribution in [2.24, 2.45) is 0 Å². The Morgan fingerprint density at radius 1 is 1.00 bits per heavy atom. The van der Waals surface area contributed by atoms with Gasteiger partial charge in [0.25, 0.3) is 5.91 Å². The van der Waals surface area contributed by atoms with Crippen LogP contribution in [0.4, 0.5) is 0 Å². The predicted molar refractivity (Wildman–Crippen MR) is 146 cm³/mol. The molecule has 0 radical (unpaired) electrons. The summed E-state index contributed by atoms with van der Waals surface area (Å²) in [4.78, 5) is 28.6. The number of nitrogens with zero attached hydrogens (tertiary/aromatic N) is 1. The van der Waals surface area contributed by atoms with E-state index in [1.54, 1.807) is 23.1 Å².